The summed E-state index contributed by atoms with van der Waals surface area (Å²) in [6, 6.07) is 7.72. The number of nitrogens with one attached hydrogen (secondary N) is 1. The number of furan rings is 1. The van der Waals surface area contributed by atoms with Crippen LogP contribution in [0.4, 0.5) is 0 Å². The Morgan fingerprint density at radius 2 is 2.33 bits per heavy atom. The van der Waals surface area contributed by atoms with Crippen molar-refractivity contribution >= 4 is 16.9 Å². The fourth-order valence-corrected chi connectivity index (χ4v) is 2.70. The second-order valence-corrected chi connectivity index (χ2v) is 5.58. The van der Waals surface area contributed by atoms with Crippen molar-refractivity contribution in [1.29, 1.82) is 0 Å². The molecule has 2 aromatic rings. The van der Waals surface area contributed by atoms with E-state index in [1.807, 2.05) is 18.2 Å². The zero-order valence-corrected chi connectivity index (χ0v) is 12.0. The van der Waals surface area contributed by atoms with Gasteiger partial charge in [-0.1, -0.05) is 6.07 Å². The van der Waals surface area contributed by atoms with E-state index in [1.165, 1.54) is 0 Å². The van der Waals surface area contributed by atoms with Crippen LogP contribution in [0.25, 0.3) is 11.0 Å². The molecule has 2 unspecified atom stereocenters. The molecule has 1 aromatic heterocycles. The molecular formula is C16H19NO4. The highest BCUT2D eigenvalue weighted by molar-refractivity contribution is 5.91. The molecule has 0 aliphatic carbocycles. The van der Waals surface area contributed by atoms with E-state index in [4.69, 9.17) is 14.3 Å². The smallest absolute Gasteiger partial charge is 0.371 e. The topological polar surface area (TPSA) is 71.7 Å². The Labute approximate surface area is 122 Å². The number of ether oxygens (including phenoxy) is 1. The summed E-state index contributed by atoms with van der Waals surface area (Å²) in [5, 5.41) is 13.3. The van der Waals surface area contributed by atoms with Crippen LogP contribution in [0.1, 0.15) is 29.5 Å². The quantitative estimate of drug-likeness (QED) is 0.885. The van der Waals surface area contributed by atoms with Crippen molar-refractivity contribution in [2.75, 3.05) is 13.2 Å². The lowest BCUT2D eigenvalue weighted by Gasteiger charge is -2.19. The molecule has 0 amide bonds. The zero-order chi connectivity index (χ0) is 14.8. The Hall–Kier alpha value is -1.85. The first-order chi connectivity index (χ1) is 10.1. The van der Waals surface area contributed by atoms with Crippen LogP contribution in [-0.4, -0.2) is 30.3 Å². The van der Waals surface area contributed by atoms with Gasteiger partial charge in [0.15, 0.2) is 0 Å². The highest BCUT2D eigenvalue weighted by Crippen LogP contribution is 2.21. The minimum absolute atomic E-state index is 0.0217. The number of carbonyl (C=O) groups is 1. The predicted molar refractivity (Wildman–Crippen MR) is 78.4 cm³/mol. The molecule has 21 heavy (non-hydrogen) atoms. The Bertz CT molecular complexity index is 643. The molecule has 2 heterocycles. The van der Waals surface area contributed by atoms with Crippen LogP contribution < -0.4 is 5.32 Å². The average Bonchev–Trinajstić information content (AvgIpc) is 3.13. The van der Waals surface area contributed by atoms with Crippen LogP contribution in [0.5, 0.6) is 0 Å². The maximum atomic E-state index is 10.9. The molecule has 0 spiro atoms. The predicted octanol–water partition coefficient (Wildman–Crippen LogP) is 2.65. The maximum Gasteiger partial charge on any atom is 0.371 e. The van der Waals surface area contributed by atoms with Crippen molar-refractivity contribution in [2.45, 2.75) is 25.9 Å². The first-order valence-corrected chi connectivity index (χ1v) is 7.20. The van der Waals surface area contributed by atoms with Crippen LogP contribution in [0, 0.1) is 5.92 Å². The Balaban J connectivity index is 1.67. The van der Waals surface area contributed by atoms with E-state index in [2.05, 4.69) is 12.2 Å². The van der Waals surface area contributed by atoms with Crippen molar-refractivity contribution in [3.63, 3.8) is 0 Å². The number of hydrogen-bond donors (Lipinski definition) is 2. The molecule has 0 saturated carbocycles. The van der Waals surface area contributed by atoms with Crippen LogP contribution >= 0.6 is 0 Å². The third-order valence-electron chi connectivity index (χ3n) is 4.09. The molecule has 3 rings (SSSR count). The monoisotopic (exact) mass is 289 g/mol. The molecule has 2 atom stereocenters. The standard InChI is InChI=1S/C16H19NO4/c1-10(12-4-5-20-9-12)17-8-11-2-3-14-13(6-11)7-15(21-14)16(18)19/h2-3,6-7,10,12,17H,4-5,8-9H2,1H3,(H,18,19). The van der Waals surface area contributed by atoms with Crippen molar-refractivity contribution in [2.24, 2.45) is 5.92 Å². The number of rotatable bonds is 5. The molecule has 1 saturated heterocycles. The van der Waals surface area contributed by atoms with Crippen LogP contribution in [0.3, 0.4) is 0 Å². The fourth-order valence-electron chi connectivity index (χ4n) is 2.70. The van der Waals surface area contributed by atoms with E-state index in [0.717, 1.165) is 37.1 Å². The molecular weight excluding hydrogens is 270 g/mol. The number of fused-ring (bicyclic) bond motifs is 1. The third-order valence-corrected chi connectivity index (χ3v) is 4.09. The molecule has 2 N–H and O–H groups in total. The van der Waals surface area contributed by atoms with Crippen LogP contribution in [0.2, 0.25) is 0 Å². The number of hydrogen-bond acceptors (Lipinski definition) is 4. The second kappa shape index (κ2) is 5.87. The van der Waals surface area contributed by atoms with Gasteiger partial charge in [-0.3, -0.25) is 0 Å². The highest BCUT2D eigenvalue weighted by atomic mass is 16.5. The van der Waals surface area contributed by atoms with Gasteiger partial charge in [0.1, 0.15) is 5.58 Å². The average molecular weight is 289 g/mol. The van der Waals surface area contributed by atoms with Gasteiger partial charge in [-0.2, -0.15) is 0 Å². The minimum atomic E-state index is -1.04. The molecule has 1 aromatic carbocycles. The van der Waals surface area contributed by atoms with Crippen molar-refractivity contribution < 1.29 is 19.1 Å². The summed E-state index contributed by atoms with van der Waals surface area (Å²) in [6.07, 6.45) is 1.11. The van der Waals surface area contributed by atoms with Crippen LogP contribution in [0.15, 0.2) is 28.7 Å². The molecule has 5 nitrogen and oxygen atoms in total. The largest absolute Gasteiger partial charge is 0.475 e. The van der Waals surface area contributed by atoms with Gasteiger partial charge in [-0.25, -0.2) is 4.79 Å². The maximum absolute atomic E-state index is 10.9. The van der Waals surface area contributed by atoms with Crippen molar-refractivity contribution in [3.8, 4) is 0 Å². The van der Waals surface area contributed by atoms with Gasteiger partial charge >= 0.3 is 5.97 Å². The van der Waals surface area contributed by atoms with E-state index >= 15 is 0 Å². The fraction of sp³-hybridized carbons (Fsp3) is 0.438. The molecule has 1 fully saturated rings. The summed E-state index contributed by atoms with van der Waals surface area (Å²) in [6.45, 7) is 4.62. The molecule has 112 valence electrons. The number of carboxylic acids is 1. The Kier molecular flexibility index (Phi) is 3.94. The van der Waals surface area contributed by atoms with E-state index in [1.54, 1.807) is 6.07 Å². The van der Waals surface area contributed by atoms with Gasteiger partial charge in [0.05, 0.1) is 6.61 Å². The minimum Gasteiger partial charge on any atom is -0.475 e. The third kappa shape index (κ3) is 3.09. The Morgan fingerprint density at radius 1 is 1.48 bits per heavy atom. The van der Waals surface area contributed by atoms with E-state index < -0.39 is 5.97 Å². The first-order valence-electron chi connectivity index (χ1n) is 7.20. The molecule has 0 radical (unpaired) electrons. The summed E-state index contributed by atoms with van der Waals surface area (Å²) >= 11 is 0. The van der Waals surface area contributed by atoms with Crippen molar-refractivity contribution in [1.82, 2.24) is 5.32 Å². The van der Waals surface area contributed by atoms with Gasteiger partial charge in [0, 0.05) is 24.6 Å². The SMILES string of the molecule is CC(NCc1ccc2oc(C(=O)O)cc2c1)C1CCOC1. The summed E-state index contributed by atoms with van der Waals surface area (Å²) in [4.78, 5) is 10.9. The van der Waals surface area contributed by atoms with Gasteiger partial charge in [-0.05, 0) is 43.0 Å². The highest BCUT2D eigenvalue weighted by Gasteiger charge is 2.21. The van der Waals surface area contributed by atoms with E-state index in [0.29, 0.717) is 17.5 Å². The molecule has 5 heteroatoms. The molecule has 1 aliphatic heterocycles. The summed E-state index contributed by atoms with van der Waals surface area (Å²) in [5.41, 5.74) is 1.72. The van der Waals surface area contributed by atoms with E-state index in [-0.39, 0.29) is 5.76 Å². The summed E-state index contributed by atoms with van der Waals surface area (Å²) < 4.78 is 10.7. The lowest BCUT2D eigenvalue weighted by Crippen LogP contribution is -2.33. The number of benzene rings is 1. The van der Waals surface area contributed by atoms with Gasteiger partial charge < -0.3 is 19.6 Å². The summed E-state index contributed by atoms with van der Waals surface area (Å²) in [7, 11) is 0. The van der Waals surface area contributed by atoms with Gasteiger partial charge in [-0.15, -0.1) is 0 Å². The van der Waals surface area contributed by atoms with Gasteiger partial charge in [0.2, 0.25) is 5.76 Å². The first kappa shape index (κ1) is 14.1. The van der Waals surface area contributed by atoms with Crippen molar-refractivity contribution in [3.05, 3.63) is 35.6 Å². The lowest BCUT2D eigenvalue weighted by atomic mass is 10.0. The van der Waals surface area contributed by atoms with Crippen LogP contribution in [-0.2, 0) is 11.3 Å². The number of carboxylic acid groups (broad SMARTS) is 1. The normalized spacial score (nSPS) is 20.0. The van der Waals surface area contributed by atoms with Gasteiger partial charge in [0.25, 0.3) is 0 Å². The van der Waals surface area contributed by atoms with E-state index in [9.17, 15) is 4.79 Å². The number of aromatic carboxylic acids is 1. The molecule has 1 aliphatic rings. The second-order valence-electron chi connectivity index (χ2n) is 5.58. The lowest BCUT2D eigenvalue weighted by molar-refractivity contribution is 0.0665. The zero-order valence-electron chi connectivity index (χ0n) is 12.0. The molecule has 0 bridgehead atoms. The summed E-state index contributed by atoms with van der Waals surface area (Å²) in [5.74, 6) is -0.492. The Morgan fingerprint density at radius 3 is 3.05 bits per heavy atom.